The number of hydrogen-bond acceptors (Lipinski definition) is 2. The highest BCUT2D eigenvalue weighted by Crippen LogP contribution is 2.24. The standard InChI is InChI=1S/C16H13N3O2/c1-10(16(21)18-9-13-3-2-6-17-13)11-4-5-14-12(7-11)8-15(20)19-14/h2-9,17,19-20H,1H2. The number of nitrogens with one attached hydrogen (secondary N) is 2. The van der Waals surface area contributed by atoms with Gasteiger partial charge in [0.15, 0.2) is 5.88 Å². The van der Waals surface area contributed by atoms with E-state index in [9.17, 15) is 9.90 Å². The smallest absolute Gasteiger partial charge is 0.277 e. The first kappa shape index (κ1) is 12.9. The number of rotatable bonds is 3. The molecule has 0 aliphatic heterocycles. The van der Waals surface area contributed by atoms with Crippen molar-refractivity contribution in [2.75, 3.05) is 0 Å². The van der Waals surface area contributed by atoms with Crippen molar-refractivity contribution in [1.82, 2.24) is 9.97 Å². The SMILES string of the molecule is C=C(C(=O)N=Cc1ccc[nH]1)c1ccc2[nH]c(O)cc2c1. The minimum absolute atomic E-state index is 0.0869. The third kappa shape index (κ3) is 2.62. The molecule has 0 saturated heterocycles. The number of benzene rings is 1. The first-order chi connectivity index (χ1) is 10.1. The maximum absolute atomic E-state index is 12.0. The highest BCUT2D eigenvalue weighted by atomic mass is 16.3. The Bertz CT molecular complexity index is 842. The summed E-state index contributed by atoms with van der Waals surface area (Å²) in [6.45, 7) is 3.79. The number of aromatic nitrogens is 2. The summed E-state index contributed by atoms with van der Waals surface area (Å²) in [6, 6.07) is 10.6. The molecule has 1 aromatic carbocycles. The van der Waals surface area contributed by atoms with Gasteiger partial charge in [0.25, 0.3) is 5.91 Å². The van der Waals surface area contributed by atoms with Crippen molar-refractivity contribution in [3.05, 3.63) is 60.4 Å². The van der Waals surface area contributed by atoms with Crippen molar-refractivity contribution in [2.45, 2.75) is 0 Å². The first-order valence-corrected chi connectivity index (χ1v) is 6.36. The van der Waals surface area contributed by atoms with Crippen molar-refractivity contribution in [2.24, 2.45) is 4.99 Å². The monoisotopic (exact) mass is 279 g/mol. The molecular formula is C16H13N3O2. The molecule has 0 aliphatic rings. The summed E-state index contributed by atoms with van der Waals surface area (Å²) in [5, 5.41) is 10.2. The molecule has 0 spiro atoms. The molecule has 0 bridgehead atoms. The number of fused-ring (bicyclic) bond motifs is 1. The molecule has 0 saturated carbocycles. The number of amides is 1. The van der Waals surface area contributed by atoms with Crippen molar-refractivity contribution in [1.29, 1.82) is 0 Å². The lowest BCUT2D eigenvalue weighted by Crippen LogP contribution is -1.98. The normalized spacial score (nSPS) is 11.2. The molecule has 21 heavy (non-hydrogen) atoms. The van der Waals surface area contributed by atoms with Gasteiger partial charge in [-0.25, -0.2) is 4.99 Å². The summed E-state index contributed by atoms with van der Waals surface area (Å²) >= 11 is 0. The van der Waals surface area contributed by atoms with Gasteiger partial charge in [0, 0.05) is 28.7 Å². The van der Waals surface area contributed by atoms with Crippen molar-refractivity contribution < 1.29 is 9.90 Å². The predicted molar refractivity (Wildman–Crippen MR) is 82.4 cm³/mol. The van der Waals surface area contributed by atoms with Gasteiger partial charge in [0.05, 0.1) is 11.9 Å². The Morgan fingerprint density at radius 2 is 2.14 bits per heavy atom. The van der Waals surface area contributed by atoms with Gasteiger partial charge >= 0.3 is 0 Å². The number of nitrogens with zero attached hydrogens (tertiary/aromatic N) is 1. The lowest BCUT2D eigenvalue weighted by molar-refractivity contribution is -0.112. The van der Waals surface area contributed by atoms with E-state index in [1.54, 1.807) is 30.5 Å². The van der Waals surface area contributed by atoms with Crippen LogP contribution in [-0.4, -0.2) is 27.2 Å². The summed E-state index contributed by atoms with van der Waals surface area (Å²) in [6.07, 6.45) is 3.22. The first-order valence-electron chi connectivity index (χ1n) is 6.36. The fraction of sp³-hybridized carbons (Fsp3) is 0. The maximum Gasteiger partial charge on any atom is 0.277 e. The van der Waals surface area contributed by atoms with Gasteiger partial charge < -0.3 is 15.1 Å². The number of aliphatic imine (C=N–C) groups is 1. The Kier molecular flexibility index (Phi) is 3.16. The molecule has 0 unspecified atom stereocenters. The summed E-state index contributed by atoms with van der Waals surface area (Å²) in [4.78, 5) is 21.6. The molecule has 3 aromatic rings. The van der Waals surface area contributed by atoms with Gasteiger partial charge in [-0.15, -0.1) is 0 Å². The second kappa shape index (κ2) is 5.13. The van der Waals surface area contributed by atoms with Crippen LogP contribution in [0.1, 0.15) is 11.3 Å². The van der Waals surface area contributed by atoms with Crippen molar-refractivity contribution >= 4 is 28.6 Å². The Morgan fingerprint density at radius 1 is 1.29 bits per heavy atom. The van der Waals surface area contributed by atoms with Crippen LogP contribution in [0.4, 0.5) is 0 Å². The molecule has 0 aliphatic carbocycles. The molecule has 104 valence electrons. The molecule has 2 heterocycles. The zero-order valence-corrected chi connectivity index (χ0v) is 11.1. The van der Waals surface area contributed by atoms with Crippen molar-refractivity contribution in [3.63, 3.8) is 0 Å². The lowest BCUT2D eigenvalue weighted by Gasteiger charge is -2.01. The molecule has 0 radical (unpaired) electrons. The topological polar surface area (TPSA) is 81.2 Å². The Morgan fingerprint density at radius 3 is 2.90 bits per heavy atom. The fourth-order valence-electron chi connectivity index (χ4n) is 2.06. The third-order valence-corrected chi connectivity index (χ3v) is 3.16. The molecule has 5 heteroatoms. The van der Waals surface area contributed by atoms with E-state index in [4.69, 9.17) is 0 Å². The Balaban J connectivity index is 1.84. The van der Waals surface area contributed by atoms with Gasteiger partial charge in [-0.2, -0.15) is 0 Å². The van der Waals surface area contributed by atoms with Crippen LogP contribution in [0.3, 0.4) is 0 Å². The predicted octanol–water partition coefficient (Wildman–Crippen LogP) is 2.86. The van der Waals surface area contributed by atoms with E-state index < -0.39 is 5.91 Å². The molecule has 3 N–H and O–H groups in total. The average Bonchev–Trinajstić information content (AvgIpc) is 3.10. The highest BCUT2D eigenvalue weighted by molar-refractivity contribution is 6.21. The second-order valence-electron chi connectivity index (χ2n) is 4.62. The number of hydrogen-bond donors (Lipinski definition) is 3. The van der Waals surface area contributed by atoms with E-state index in [2.05, 4.69) is 21.5 Å². The number of H-pyrrole nitrogens is 2. The zero-order chi connectivity index (χ0) is 14.8. The highest BCUT2D eigenvalue weighted by Gasteiger charge is 2.09. The third-order valence-electron chi connectivity index (χ3n) is 3.16. The summed E-state index contributed by atoms with van der Waals surface area (Å²) in [5.41, 5.74) is 2.53. The van der Waals surface area contributed by atoms with Crippen LogP contribution in [0.25, 0.3) is 16.5 Å². The number of aromatic hydroxyl groups is 1. The maximum atomic E-state index is 12.0. The molecule has 5 nitrogen and oxygen atoms in total. The molecule has 0 atom stereocenters. The number of carbonyl (C=O) groups is 1. The van der Waals surface area contributed by atoms with Gasteiger partial charge in [0.2, 0.25) is 0 Å². The van der Waals surface area contributed by atoms with Crippen LogP contribution in [-0.2, 0) is 4.79 Å². The van der Waals surface area contributed by atoms with E-state index in [1.165, 1.54) is 6.21 Å². The van der Waals surface area contributed by atoms with Gasteiger partial charge in [-0.3, -0.25) is 4.79 Å². The van der Waals surface area contributed by atoms with Gasteiger partial charge in [0.1, 0.15) is 0 Å². The molecule has 0 fully saturated rings. The van der Waals surface area contributed by atoms with E-state index in [1.807, 2.05) is 12.1 Å². The van der Waals surface area contributed by atoms with Crippen LogP contribution in [0.2, 0.25) is 0 Å². The van der Waals surface area contributed by atoms with Crippen LogP contribution in [0.15, 0.2) is 54.2 Å². The van der Waals surface area contributed by atoms with Crippen molar-refractivity contribution in [3.8, 4) is 5.88 Å². The number of aromatic amines is 2. The van der Waals surface area contributed by atoms with Crippen LogP contribution in [0.5, 0.6) is 5.88 Å². The number of carbonyl (C=O) groups excluding carboxylic acids is 1. The van der Waals surface area contributed by atoms with Gasteiger partial charge in [-0.1, -0.05) is 12.6 Å². The molecule has 1 amide bonds. The van der Waals surface area contributed by atoms with E-state index in [0.717, 1.165) is 16.6 Å². The molecule has 2 aromatic heterocycles. The Labute approximate surface area is 120 Å². The van der Waals surface area contributed by atoms with E-state index in [0.29, 0.717) is 11.1 Å². The van der Waals surface area contributed by atoms with Crippen LogP contribution < -0.4 is 0 Å². The van der Waals surface area contributed by atoms with Gasteiger partial charge in [-0.05, 0) is 29.8 Å². The lowest BCUT2D eigenvalue weighted by atomic mass is 10.1. The summed E-state index contributed by atoms with van der Waals surface area (Å²) in [5.74, 6) is -0.312. The fourth-order valence-corrected chi connectivity index (χ4v) is 2.06. The minimum atomic E-state index is -0.399. The summed E-state index contributed by atoms with van der Waals surface area (Å²) < 4.78 is 0. The Hall–Kier alpha value is -3.08. The zero-order valence-electron chi connectivity index (χ0n) is 11.1. The van der Waals surface area contributed by atoms with E-state index in [-0.39, 0.29) is 5.88 Å². The molecular weight excluding hydrogens is 266 g/mol. The average molecular weight is 279 g/mol. The molecule has 3 rings (SSSR count). The quantitative estimate of drug-likeness (QED) is 0.509. The summed E-state index contributed by atoms with van der Waals surface area (Å²) in [7, 11) is 0. The minimum Gasteiger partial charge on any atom is -0.495 e. The second-order valence-corrected chi connectivity index (χ2v) is 4.62. The largest absolute Gasteiger partial charge is 0.495 e. The van der Waals surface area contributed by atoms with Crippen LogP contribution >= 0.6 is 0 Å². The van der Waals surface area contributed by atoms with Crippen LogP contribution in [0, 0.1) is 0 Å². The van der Waals surface area contributed by atoms with E-state index >= 15 is 0 Å².